The van der Waals surface area contributed by atoms with Gasteiger partial charge in [-0.05, 0) is 11.5 Å². The van der Waals surface area contributed by atoms with E-state index in [0.717, 1.165) is 0 Å². The van der Waals surface area contributed by atoms with E-state index in [1.54, 1.807) is 7.05 Å². The molecule has 0 spiro atoms. The van der Waals surface area contributed by atoms with Gasteiger partial charge in [-0.15, -0.1) is 0 Å². The maximum atomic E-state index is 11.4. The third kappa shape index (κ3) is 7.73. The number of carbonyl (C=O) groups excluding carboxylic acids is 1. The van der Waals surface area contributed by atoms with Crippen LogP contribution in [0, 0.1) is 5.41 Å². The van der Waals surface area contributed by atoms with Crippen LogP contribution >= 0.6 is 0 Å². The average Bonchev–Trinajstić information content (AvgIpc) is 2.08. The van der Waals surface area contributed by atoms with Gasteiger partial charge in [0.05, 0.1) is 6.42 Å². The highest BCUT2D eigenvalue weighted by Gasteiger charge is 2.09. The highest BCUT2D eigenvalue weighted by Crippen LogP contribution is 2.14. The van der Waals surface area contributed by atoms with Crippen molar-refractivity contribution >= 4 is 11.9 Å². The standard InChI is InChI=1S/C11H19NO3/c1-11(2,3)7-5-9(13)12(4)8-6-10(14)15/h5,7H,6,8H2,1-4H3,(H,14,15)/b7-5+. The zero-order chi connectivity index (χ0) is 12.1. The Morgan fingerprint density at radius 3 is 2.27 bits per heavy atom. The maximum absolute atomic E-state index is 11.4. The fourth-order valence-corrected chi connectivity index (χ4v) is 0.822. The lowest BCUT2D eigenvalue weighted by Gasteiger charge is -2.15. The lowest BCUT2D eigenvalue weighted by atomic mass is 9.96. The number of hydrogen-bond acceptors (Lipinski definition) is 2. The molecule has 0 aliphatic heterocycles. The van der Waals surface area contributed by atoms with Crippen molar-refractivity contribution in [1.82, 2.24) is 4.90 Å². The molecule has 0 bridgehead atoms. The Morgan fingerprint density at radius 1 is 1.33 bits per heavy atom. The predicted octanol–water partition coefficient (Wildman–Crippen LogP) is 1.52. The molecule has 0 aliphatic carbocycles. The Kier molecular flexibility index (Phi) is 5.05. The number of nitrogens with zero attached hydrogens (tertiary/aromatic N) is 1. The summed E-state index contributed by atoms with van der Waals surface area (Å²) in [5.74, 6) is -1.05. The maximum Gasteiger partial charge on any atom is 0.305 e. The fraction of sp³-hybridized carbons (Fsp3) is 0.636. The lowest BCUT2D eigenvalue weighted by molar-refractivity contribution is -0.137. The quantitative estimate of drug-likeness (QED) is 0.720. The van der Waals surface area contributed by atoms with Gasteiger partial charge in [-0.2, -0.15) is 0 Å². The molecule has 1 N–H and O–H groups in total. The van der Waals surface area contributed by atoms with E-state index in [1.165, 1.54) is 11.0 Å². The molecule has 0 aromatic carbocycles. The lowest BCUT2D eigenvalue weighted by Crippen LogP contribution is -2.27. The number of aliphatic carboxylic acids is 1. The van der Waals surface area contributed by atoms with Crippen LogP contribution in [0.2, 0.25) is 0 Å². The zero-order valence-corrected chi connectivity index (χ0v) is 9.78. The van der Waals surface area contributed by atoms with Gasteiger partial charge in [-0.3, -0.25) is 9.59 Å². The molecule has 86 valence electrons. The second kappa shape index (κ2) is 5.53. The predicted molar refractivity (Wildman–Crippen MR) is 58.5 cm³/mol. The molecule has 0 fully saturated rings. The van der Waals surface area contributed by atoms with Crippen LogP contribution in [0.1, 0.15) is 27.2 Å². The molecule has 1 amide bonds. The van der Waals surface area contributed by atoms with Gasteiger partial charge < -0.3 is 10.0 Å². The fourth-order valence-electron chi connectivity index (χ4n) is 0.822. The van der Waals surface area contributed by atoms with Crippen molar-refractivity contribution in [2.24, 2.45) is 5.41 Å². The molecule has 0 saturated heterocycles. The van der Waals surface area contributed by atoms with Gasteiger partial charge in [-0.25, -0.2) is 0 Å². The Labute approximate surface area is 90.6 Å². The van der Waals surface area contributed by atoms with Gasteiger partial charge >= 0.3 is 5.97 Å². The Balaban J connectivity index is 4.11. The largest absolute Gasteiger partial charge is 0.481 e. The molecule has 4 heteroatoms. The molecule has 0 unspecified atom stereocenters. The highest BCUT2D eigenvalue weighted by atomic mass is 16.4. The van der Waals surface area contributed by atoms with E-state index in [1.807, 2.05) is 26.8 Å². The Hall–Kier alpha value is -1.32. The van der Waals surface area contributed by atoms with E-state index in [0.29, 0.717) is 0 Å². The first-order valence-electron chi connectivity index (χ1n) is 4.88. The summed E-state index contributed by atoms with van der Waals surface area (Å²) in [6.07, 6.45) is 3.28. The van der Waals surface area contributed by atoms with E-state index < -0.39 is 5.97 Å². The Morgan fingerprint density at radius 2 is 1.87 bits per heavy atom. The summed E-state index contributed by atoms with van der Waals surface area (Å²) in [4.78, 5) is 23.1. The molecule has 0 aromatic heterocycles. The first-order chi connectivity index (χ1) is 6.72. The van der Waals surface area contributed by atoms with E-state index in [2.05, 4.69) is 0 Å². The number of amides is 1. The van der Waals surface area contributed by atoms with Crippen LogP contribution in [0.3, 0.4) is 0 Å². The SMILES string of the molecule is CN(CCC(=O)O)C(=O)/C=C/C(C)(C)C. The van der Waals surface area contributed by atoms with Crippen LogP contribution < -0.4 is 0 Å². The van der Waals surface area contributed by atoms with Crippen LogP contribution in [0.25, 0.3) is 0 Å². The second-order valence-electron chi connectivity index (χ2n) is 4.60. The number of carboxylic acids is 1. The molecule has 0 aliphatic rings. The summed E-state index contributed by atoms with van der Waals surface area (Å²) in [6, 6.07) is 0. The first-order valence-corrected chi connectivity index (χ1v) is 4.88. The van der Waals surface area contributed by atoms with E-state index in [4.69, 9.17) is 5.11 Å². The van der Waals surface area contributed by atoms with Crippen LogP contribution in [-0.2, 0) is 9.59 Å². The van der Waals surface area contributed by atoms with Crippen molar-refractivity contribution in [2.75, 3.05) is 13.6 Å². The molecule has 0 heterocycles. The summed E-state index contributed by atoms with van der Waals surface area (Å²) in [7, 11) is 1.60. The van der Waals surface area contributed by atoms with Crippen molar-refractivity contribution in [3.63, 3.8) is 0 Å². The number of rotatable bonds is 4. The molecular formula is C11H19NO3. The van der Waals surface area contributed by atoms with Gasteiger partial charge in [0.2, 0.25) is 5.91 Å². The third-order valence-corrected chi connectivity index (χ3v) is 1.76. The summed E-state index contributed by atoms with van der Waals surface area (Å²) >= 11 is 0. The van der Waals surface area contributed by atoms with E-state index >= 15 is 0 Å². The minimum atomic E-state index is -0.894. The number of allylic oxidation sites excluding steroid dienone is 1. The van der Waals surface area contributed by atoms with Crippen molar-refractivity contribution < 1.29 is 14.7 Å². The molecule has 4 nitrogen and oxygen atoms in total. The van der Waals surface area contributed by atoms with Crippen LogP contribution in [0.5, 0.6) is 0 Å². The van der Waals surface area contributed by atoms with Crippen molar-refractivity contribution in [2.45, 2.75) is 27.2 Å². The normalized spacial score (nSPS) is 11.7. The molecule has 0 atom stereocenters. The van der Waals surface area contributed by atoms with E-state index in [-0.39, 0.29) is 24.3 Å². The number of carbonyl (C=O) groups is 2. The van der Waals surface area contributed by atoms with Crippen molar-refractivity contribution in [1.29, 1.82) is 0 Å². The summed E-state index contributed by atoms with van der Waals surface area (Å²) in [6.45, 7) is 6.22. The minimum Gasteiger partial charge on any atom is -0.481 e. The number of carboxylic acid groups (broad SMARTS) is 1. The number of hydrogen-bond donors (Lipinski definition) is 1. The molecular weight excluding hydrogens is 194 g/mol. The average molecular weight is 213 g/mol. The van der Waals surface area contributed by atoms with Gasteiger partial charge in [0.15, 0.2) is 0 Å². The summed E-state index contributed by atoms with van der Waals surface area (Å²) < 4.78 is 0. The molecule has 15 heavy (non-hydrogen) atoms. The van der Waals surface area contributed by atoms with Gasteiger partial charge in [0, 0.05) is 13.6 Å². The van der Waals surface area contributed by atoms with E-state index in [9.17, 15) is 9.59 Å². The van der Waals surface area contributed by atoms with Crippen molar-refractivity contribution in [3.8, 4) is 0 Å². The third-order valence-electron chi connectivity index (χ3n) is 1.76. The van der Waals surface area contributed by atoms with Crippen molar-refractivity contribution in [3.05, 3.63) is 12.2 Å². The minimum absolute atomic E-state index is 0.0222. The Bertz CT molecular complexity index is 263. The molecule has 0 aromatic rings. The summed E-state index contributed by atoms with van der Waals surface area (Å²) in [5.41, 5.74) is -0.0384. The van der Waals surface area contributed by atoms with Crippen LogP contribution in [-0.4, -0.2) is 35.5 Å². The van der Waals surface area contributed by atoms with Gasteiger partial charge in [0.25, 0.3) is 0 Å². The second-order valence-corrected chi connectivity index (χ2v) is 4.60. The highest BCUT2D eigenvalue weighted by molar-refractivity contribution is 5.87. The summed E-state index contributed by atoms with van der Waals surface area (Å²) in [5, 5.41) is 8.45. The zero-order valence-electron chi connectivity index (χ0n) is 9.78. The molecule has 0 radical (unpaired) electrons. The topological polar surface area (TPSA) is 57.6 Å². The monoisotopic (exact) mass is 213 g/mol. The van der Waals surface area contributed by atoms with Crippen LogP contribution in [0.4, 0.5) is 0 Å². The molecule has 0 saturated carbocycles. The molecule has 0 rings (SSSR count). The van der Waals surface area contributed by atoms with Gasteiger partial charge in [0.1, 0.15) is 0 Å². The van der Waals surface area contributed by atoms with Gasteiger partial charge in [-0.1, -0.05) is 26.8 Å². The van der Waals surface area contributed by atoms with Crippen LogP contribution in [0.15, 0.2) is 12.2 Å². The first kappa shape index (κ1) is 13.7. The smallest absolute Gasteiger partial charge is 0.305 e. The number of likely N-dealkylation sites (N-methyl/N-ethyl adjacent to an activating group) is 1.